The summed E-state index contributed by atoms with van der Waals surface area (Å²) < 4.78 is 0. The first-order chi connectivity index (χ1) is 56.1. The van der Waals surface area contributed by atoms with E-state index >= 15 is 0 Å². The number of H-pyrrole nitrogens is 1. The van der Waals surface area contributed by atoms with Crippen LogP contribution in [0.25, 0.3) is 10.9 Å². The summed E-state index contributed by atoms with van der Waals surface area (Å²) in [6, 6.07) is -5.15. The SMILES string of the molecule is CC[C@H](C)[C@H](NC(=O)[C@H](Cc1ccc(O)cc1)NC(=O)[C@H](CO)NC(=O)[C@H](CCC(=O)O)NC(=O)[C@@H](N)CO)C(=O)N[C@@H](Cc1ccc(O)cc1)C(=O)N[C@@H](CC(N)=O)C(=O)NCC(=O)N[C@@H](CCCCN)C(=O)N[C@@H](Cc1c[nH]c2ccccc12)C(=O)N[C@H](C(=O)N[C@H](C(=O)N[C@H](C(=O)N[C@@H](CCC(=O)O)C(=O)O)[C@@H](C)O)C(C)C)[C@@H](C)O. The van der Waals surface area contributed by atoms with E-state index in [0.717, 1.165) is 13.8 Å². The van der Waals surface area contributed by atoms with Gasteiger partial charge in [0.15, 0.2) is 0 Å². The molecule has 0 saturated carbocycles. The number of phenolic OH excluding ortho intramolecular Hbond substituents is 2. The molecule has 3 aromatic carbocycles. The van der Waals surface area contributed by atoms with Crippen LogP contribution >= 0.6 is 0 Å². The van der Waals surface area contributed by atoms with Gasteiger partial charge in [0.05, 0.1) is 38.4 Å². The average Bonchev–Trinajstić information content (AvgIpc) is 1.75. The number of phenols is 2. The van der Waals surface area contributed by atoms with Gasteiger partial charge in [0.25, 0.3) is 0 Å². The smallest absolute Gasteiger partial charge is 0.326 e. The molecule has 0 aliphatic rings. The summed E-state index contributed by atoms with van der Waals surface area (Å²) in [5.74, 6) is -22.4. The summed E-state index contributed by atoms with van der Waals surface area (Å²) in [6.07, 6.45) is -6.08. The Balaban J connectivity index is 1.62. The van der Waals surface area contributed by atoms with E-state index in [-0.39, 0.29) is 55.7 Å². The molecule has 1 heterocycles. The Bertz CT molecular complexity index is 4180. The Morgan fingerprint density at radius 3 is 1.34 bits per heavy atom. The minimum atomic E-state index is -1.93. The minimum absolute atomic E-state index is 0.107. The molecule has 0 spiro atoms. The maximum absolute atomic E-state index is 14.8. The molecule has 0 fully saturated rings. The van der Waals surface area contributed by atoms with Crippen molar-refractivity contribution >= 4 is 112 Å². The summed E-state index contributed by atoms with van der Waals surface area (Å²) >= 11 is 0. The van der Waals surface area contributed by atoms with E-state index in [4.69, 9.17) is 22.3 Å². The van der Waals surface area contributed by atoms with E-state index in [1.54, 1.807) is 31.2 Å². The van der Waals surface area contributed by atoms with Crippen LogP contribution in [0.2, 0.25) is 0 Å². The third-order valence-electron chi connectivity index (χ3n) is 18.9. The van der Waals surface area contributed by atoms with Crippen molar-refractivity contribution in [3.8, 4) is 11.5 Å². The number of aliphatic hydroxyl groups excluding tert-OH is 4. The van der Waals surface area contributed by atoms with E-state index in [1.165, 1.54) is 75.5 Å². The first-order valence-electron chi connectivity index (χ1n) is 38.1. The van der Waals surface area contributed by atoms with Crippen LogP contribution in [0.4, 0.5) is 0 Å². The van der Waals surface area contributed by atoms with Crippen molar-refractivity contribution in [2.75, 3.05) is 26.3 Å². The molecule has 43 heteroatoms. The van der Waals surface area contributed by atoms with Gasteiger partial charge in [0.2, 0.25) is 82.7 Å². The highest BCUT2D eigenvalue weighted by atomic mass is 16.4. The number of carbonyl (C=O) groups is 17. The zero-order valence-corrected chi connectivity index (χ0v) is 66.3. The average molecular weight is 1680 g/mol. The number of aromatic amines is 1. The number of aliphatic carboxylic acids is 3. The first-order valence-corrected chi connectivity index (χ1v) is 38.1. The monoisotopic (exact) mass is 1680 g/mol. The van der Waals surface area contributed by atoms with Crippen LogP contribution < -0.4 is 86.3 Å². The second kappa shape index (κ2) is 48.9. The molecule has 0 radical (unpaired) electrons. The highest BCUT2D eigenvalue weighted by molar-refractivity contribution is 6.01. The summed E-state index contributed by atoms with van der Waals surface area (Å²) in [5, 5.41) is 121. The van der Waals surface area contributed by atoms with Crippen molar-refractivity contribution < 1.29 is 127 Å². The Kier molecular flexibility index (Phi) is 40.7. The Labute approximate surface area is 682 Å². The maximum Gasteiger partial charge on any atom is 0.326 e. The van der Waals surface area contributed by atoms with Crippen LogP contribution in [-0.2, 0) is 101 Å². The molecule has 14 amide bonds. The summed E-state index contributed by atoms with van der Waals surface area (Å²) in [6.45, 7) is 5.37. The zero-order chi connectivity index (χ0) is 89.1. The lowest BCUT2D eigenvalue weighted by molar-refractivity contribution is -0.144. The standard InChI is InChI=1S/C76H109N17O26/c1-7-37(4)61(91-69(111)52(29-41-17-21-44(99)22-18-41)85-71(113)55(35-95)89-67(109)49(23-25-58(102)103)83-64(106)46(78)34-94)73(115)88-51(28-40-15-19-43(98)20-16-40)68(110)87-54(31-56(79)100)65(107)81-33-57(101)82-48(14-10-11-27-77)66(108)86-53(30-42-32-80-47-13-9-8-12-45(42)47)70(112)92-63(39(6)97)75(117)90-60(36(2)3)72(114)93-62(38(5)96)74(116)84-50(76(118)119)24-26-59(104)105/h8-9,12-13,15-22,32,36-39,46,48-55,60-63,80,94-99H,7,10-11,14,23-31,33-35,77-78H2,1-6H3,(H2,79,100)(H,81,107)(H,82,101)(H,83,106)(H,84,116)(H,85,113)(H,86,108)(H,87,110)(H,88,115)(H,89,109)(H,90,117)(H,91,111)(H,92,112)(H,93,114)(H,102,103)(H,104,105)(H,118,119)/t37-,38+,39+,46-,48-,49-,50-,51-,52-,53-,54-,55-,60-,61-,62-,63-/m0/s1. The fourth-order valence-electron chi connectivity index (χ4n) is 11.9. The summed E-state index contributed by atoms with van der Waals surface area (Å²) in [4.78, 5) is 233. The fourth-order valence-corrected chi connectivity index (χ4v) is 11.9. The molecule has 119 heavy (non-hydrogen) atoms. The normalized spacial score (nSPS) is 15.2. The molecular formula is C76H109N17O26. The number of aromatic hydroxyl groups is 2. The van der Waals surface area contributed by atoms with Crippen molar-refractivity contribution in [2.24, 2.45) is 29.0 Å². The van der Waals surface area contributed by atoms with Crippen molar-refractivity contribution in [1.82, 2.24) is 74.1 Å². The lowest BCUT2D eigenvalue weighted by atomic mass is 9.96. The predicted octanol–water partition coefficient (Wildman–Crippen LogP) is -6.86. The number of primary amides is 1. The van der Waals surface area contributed by atoms with Gasteiger partial charge in [-0.05, 0) is 111 Å². The van der Waals surface area contributed by atoms with Gasteiger partial charge in [0.1, 0.15) is 90.0 Å². The number of carboxylic acids is 3. The summed E-state index contributed by atoms with van der Waals surface area (Å²) in [7, 11) is 0. The lowest BCUT2D eigenvalue weighted by Crippen LogP contribution is -2.63. The molecule has 0 aliphatic carbocycles. The van der Waals surface area contributed by atoms with Gasteiger partial charge in [-0.15, -0.1) is 0 Å². The molecule has 0 unspecified atom stereocenters. The number of hydrogen-bond acceptors (Lipinski definition) is 25. The van der Waals surface area contributed by atoms with Crippen molar-refractivity contribution in [3.05, 3.63) is 95.7 Å². The summed E-state index contributed by atoms with van der Waals surface area (Å²) in [5.41, 5.74) is 18.6. The molecule has 16 atom stereocenters. The van der Waals surface area contributed by atoms with Crippen molar-refractivity contribution in [1.29, 1.82) is 0 Å². The zero-order valence-electron chi connectivity index (χ0n) is 66.3. The number of nitrogens with one attached hydrogen (secondary N) is 14. The molecule has 4 aromatic rings. The molecule has 0 bridgehead atoms. The van der Waals surface area contributed by atoms with Crippen LogP contribution in [0.5, 0.6) is 11.5 Å². The van der Waals surface area contributed by atoms with Crippen molar-refractivity contribution in [2.45, 2.75) is 209 Å². The van der Waals surface area contributed by atoms with Crippen LogP contribution in [0.1, 0.15) is 116 Å². The second-order valence-electron chi connectivity index (χ2n) is 28.8. The highest BCUT2D eigenvalue weighted by Crippen LogP contribution is 2.22. The highest BCUT2D eigenvalue weighted by Gasteiger charge is 2.40. The van der Waals surface area contributed by atoms with E-state index in [9.17, 15) is 122 Å². The number of benzene rings is 3. The first kappa shape index (κ1) is 98.9. The number of nitrogens with two attached hydrogens (primary N) is 3. The molecule has 0 aliphatic heterocycles. The van der Waals surface area contributed by atoms with Gasteiger partial charge in [0, 0.05) is 49.2 Å². The minimum Gasteiger partial charge on any atom is -0.508 e. The van der Waals surface area contributed by atoms with Gasteiger partial charge in [-0.2, -0.15) is 0 Å². The largest absolute Gasteiger partial charge is 0.508 e. The van der Waals surface area contributed by atoms with Gasteiger partial charge < -0.3 is 137 Å². The number of rotatable bonds is 52. The van der Waals surface area contributed by atoms with E-state index < -0.39 is 268 Å². The molecule has 4 rings (SSSR count). The number of carbonyl (C=O) groups excluding carboxylic acids is 14. The number of carboxylic acid groups (broad SMARTS) is 3. The van der Waals surface area contributed by atoms with Gasteiger partial charge in [-0.25, -0.2) is 4.79 Å². The third-order valence-corrected chi connectivity index (χ3v) is 18.9. The van der Waals surface area contributed by atoms with Crippen LogP contribution in [0.3, 0.4) is 0 Å². The molecule has 29 N–H and O–H groups in total. The number of hydrogen-bond donors (Lipinski definition) is 26. The number of aliphatic hydroxyl groups is 4. The Hall–Kier alpha value is -12.5. The lowest BCUT2D eigenvalue weighted by Gasteiger charge is -2.30. The number of unbranched alkanes of at least 4 members (excludes halogenated alkanes) is 1. The number of para-hydroxylation sites is 1. The van der Waals surface area contributed by atoms with Gasteiger partial charge >= 0.3 is 17.9 Å². The number of fused-ring (bicyclic) bond motifs is 1. The Morgan fingerprint density at radius 1 is 0.437 bits per heavy atom. The van der Waals surface area contributed by atoms with E-state index in [2.05, 4.69) is 74.1 Å². The van der Waals surface area contributed by atoms with Gasteiger partial charge in [-0.3, -0.25) is 76.7 Å². The Morgan fingerprint density at radius 2 is 0.849 bits per heavy atom. The quantitative estimate of drug-likeness (QED) is 0.0183. The molecular weight excluding hydrogens is 1570 g/mol. The van der Waals surface area contributed by atoms with Gasteiger partial charge in [-0.1, -0.05) is 76.6 Å². The molecule has 43 nitrogen and oxygen atoms in total. The predicted molar refractivity (Wildman–Crippen MR) is 420 cm³/mol. The maximum atomic E-state index is 14.8. The number of aromatic nitrogens is 1. The third kappa shape index (κ3) is 32.9. The van der Waals surface area contributed by atoms with Crippen LogP contribution in [0.15, 0.2) is 79.0 Å². The molecule has 0 saturated heterocycles. The van der Waals surface area contributed by atoms with Crippen LogP contribution in [0, 0.1) is 11.8 Å². The topological polar surface area (TPSA) is 723 Å². The van der Waals surface area contributed by atoms with Crippen LogP contribution in [-0.4, -0.2) is 269 Å². The fraction of sp³-hybridized carbons (Fsp3) is 0.513. The second-order valence-corrected chi connectivity index (χ2v) is 28.8. The molecule has 1 aromatic heterocycles. The number of amides is 14. The molecule has 654 valence electrons. The van der Waals surface area contributed by atoms with E-state index in [0.29, 0.717) is 22.0 Å². The van der Waals surface area contributed by atoms with E-state index in [1.807, 2.05) is 0 Å². The van der Waals surface area contributed by atoms with Crippen molar-refractivity contribution in [3.63, 3.8) is 0 Å².